The monoisotopic (exact) mass is 371 g/mol. The predicted octanol–water partition coefficient (Wildman–Crippen LogP) is 4.24. The maximum Gasteiger partial charge on any atom is 0.573 e. The normalized spacial score (nSPS) is 21.0. The van der Waals surface area contributed by atoms with Crippen LogP contribution in [0.1, 0.15) is 12.8 Å². The van der Waals surface area contributed by atoms with Gasteiger partial charge in [0.15, 0.2) is 5.79 Å². The highest BCUT2D eigenvalue weighted by Crippen LogP contribution is 2.41. The summed E-state index contributed by atoms with van der Waals surface area (Å²) in [4.78, 5) is 1.87. The molecular formula is C14H14Cl2F3NO3. The standard InChI is InChI=1S/C14H14Cl2F3NO3/c15-9-7-10(16)12(23-14(17,18)19)8-11(9)20-3-1-13(2-4-20)21-5-6-22-13/h7-8H,1-6H2. The van der Waals surface area contributed by atoms with Crippen LogP contribution in [-0.2, 0) is 9.47 Å². The molecule has 0 unspecified atom stereocenters. The zero-order valence-corrected chi connectivity index (χ0v) is 13.5. The Balaban J connectivity index is 1.78. The zero-order valence-electron chi connectivity index (χ0n) is 12.0. The van der Waals surface area contributed by atoms with Gasteiger partial charge in [0.1, 0.15) is 5.75 Å². The van der Waals surface area contributed by atoms with Gasteiger partial charge in [-0.2, -0.15) is 0 Å². The summed E-state index contributed by atoms with van der Waals surface area (Å²) in [6, 6.07) is 2.47. The van der Waals surface area contributed by atoms with E-state index in [1.54, 1.807) is 0 Å². The van der Waals surface area contributed by atoms with Crippen molar-refractivity contribution in [2.24, 2.45) is 0 Å². The summed E-state index contributed by atoms with van der Waals surface area (Å²) >= 11 is 11.9. The first-order valence-electron chi connectivity index (χ1n) is 7.06. The first kappa shape index (κ1) is 17.0. The summed E-state index contributed by atoms with van der Waals surface area (Å²) in [5, 5.41) is 0.0840. The van der Waals surface area contributed by atoms with Crippen LogP contribution < -0.4 is 9.64 Å². The highest BCUT2D eigenvalue weighted by Gasteiger charge is 2.40. The van der Waals surface area contributed by atoms with Gasteiger partial charge in [-0.25, -0.2) is 0 Å². The van der Waals surface area contributed by atoms with Crippen molar-refractivity contribution in [2.75, 3.05) is 31.2 Å². The number of benzene rings is 1. The second kappa shape index (κ2) is 6.20. The number of ether oxygens (including phenoxy) is 3. The second-order valence-electron chi connectivity index (χ2n) is 5.38. The van der Waals surface area contributed by atoms with Gasteiger partial charge in [0.2, 0.25) is 0 Å². The minimum absolute atomic E-state index is 0.188. The van der Waals surface area contributed by atoms with Gasteiger partial charge >= 0.3 is 6.36 Å². The first-order valence-corrected chi connectivity index (χ1v) is 7.81. The number of hydrogen-bond acceptors (Lipinski definition) is 4. The molecule has 0 aromatic heterocycles. The predicted molar refractivity (Wildman–Crippen MR) is 79.2 cm³/mol. The molecule has 9 heteroatoms. The highest BCUT2D eigenvalue weighted by atomic mass is 35.5. The molecule has 4 nitrogen and oxygen atoms in total. The van der Waals surface area contributed by atoms with Gasteiger partial charge < -0.3 is 19.1 Å². The van der Waals surface area contributed by atoms with E-state index in [2.05, 4.69) is 4.74 Å². The van der Waals surface area contributed by atoms with Crippen molar-refractivity contribution in [1.82, 2.24) is 0 Å². The summed E-state index contributed by atoms with van der Waals surface area (Å²) in [5.74, 6) is -1.03. The van der Waals surface area contributed by atoms with Gasteiger partial charge in [0.25, 0.3) is 0 Å². The molecule has 2 fully saturated rings. The molecule has 0 atom stereocenters. The molecule has 2 saturated heterocycles. The Morgan fingerprint density at radius 1 is 1.04 bits per heavy atom. The molecule has 1 aromatic carbocycles. The average Bonchev–Trinajstić information content (AvgIpc) is 2.90. The molecule has 128 valence electrons. The lowest BCUT2D eigenvalue weighted by Gasteiger charge is -2.39. The number of halogens is 5. The van der Waals surface area contributed by atoms with Gasteiger partial charge in [-0.1, -0.05) is 23.2 Å². The summed E-state index contributed by atoms with van der Waals surface area (Å²) in [7, 11) is 0. The Morgan fingerprint density at radius 2 is 1.65 bits per heavy atom. The highest BCUT2D eigenvalue weighted by molar-refractivity contribution is 6.37. The van der Waals surface area contributed by atoms with Crippen LogP contribution in [0.25, 0.3) is 0 Å². The molecular weight excluding hydrogens is 358 g/mol. The summed E-state index contributed by atoms with van der Waals surface area (Å²) in [6.45, 7) is 2.22. The fourth-order valence-corrected chi connectivity index (χ4v) is 3.38. The van der Waals surface area contributed by atoms with Crippen LogP contribution in [0.4, 0.5) is 18.9 Å². The van der Waals surface area contributed by atoms with Crippen molar-refractivity contribution in [3.63, 3.8) is 0 Å². The summed E-state index contributed by atoms with van der Waals surface area (Å²) < 4.78 is 52.5. The maximum absolute atomic E-state index is 12.4. The summed E-state index contributed by atoms with van der Waals surface area (Å²) in [6.07, 6.45) is -3.59. The molecule has 0 aliphatic carbocycles. The van der Waals surface area contributed by atoms with Crippen LogP contribution in [0.5, 0.6) is 5.75 Å². The molecule has 2 heterocycles. The van der Waals surface area contributed by atoms with Crippen molar-refractivity contribution in [3.8, 4) is 5.75 Å². The topological polar surface area (TPSA) is 30.9 Å². The van der Waals surface area contributed by atoms with Crippen LogP contribution in [0, 0.1) is 0 Å². The molecule has 0 saturated carbocycles. The third-order valence-corrected chi connectivity index (χ3v) is 4.50. The van der Waals surface area contributed by atoms with E-state index < -0.39 is 17.9 Å². The second-order valence-corrected chi connectivity index (χ2v) is 6.19. The minimum atomic E-state index is -4.81. The minimum Gasteiger partial charge on any atom is -0.404 e. The molecule has 2 aliphatic heterocycles. The molecule has 1 spiro atoms. The third kappa shape index (κ3) is 3.79. The Labute approximate surface area is 141 Å². The lowest BCUT2D eigenvalue weighted by atomic mass is 10.0. The quantitative estimate of drug-likeness (QED) is 0.777. The van der Waals surface area contributed by atoms with Crippen LogP contribution in [0.3, 0.4) is 0 Å². The Hall–Kier alpha value is -0.890. The van der Waals surface area contributed by atoms with Gasteiger partial charge in [-0.3, -0.25) is 0 Å². The molecule has 23 heavy (non-hydrogen) atoms. The number of piperidine rings is 1. The van der Waals surface area contributed by atoms with Gasteiger partial charge in [0.05, 0.1) is 28.9 Å². The fraction of sp³-hybridized carbons (Fsp3) is 0.571. The smallest absolute Gasteiger partial charge is 0.404 e. The molecule has 1 aromatic rings. The van der Waals surface area contributed by atoms with Crippen molar-refractivity contribution < 1.29 is 27.4 Å². The number of rotatable bonds is 2. The van der Waals surface area contributed by atoms with E-state index in [1.165, 1.54) is 12.1 Å². The SMILES string of the molecule is FC(F)(F)Oc1cc(N2CCC3(CC2)OCCO3)c(Cl)cc1Cl. The number of hydrogen-bond donors (Lipinski definition) is 0. The van der Waals surface area contributed by atoms with E-state index in [0.29, 0.717) is 44.8 Å². The van der Waals surface area contributed by atoms with E-state index in [0.717, 1.165) is 0 Å². The fourth-order valence-electron chi connectivity index (χ4n) is 2.84. The Morgan fingerprint density at radius 3 is 2.22 bits per heavy atom. The van der Waals surface area contributed by atoms with Crippen molar-refractivity contribution in [3.05, 3.63) is 22.2 Å². The van der Waals surface area contributed by atoms with E-state index in [-0.39, 0.29) is 10.0 Å². The van der Waals surface area contributed by atoms with Crippen LogP contribution in [0.2, 0.25) is 10.0 Å². The van der Waals surface area contributed by atoms with E-state index in [4.69, 9.17) is 32.7 Å². The molecule has 2 aliphatic rings. The lowest BCUT2D eigenvalue weighted by Crippen LogP contribution is -2.45. The van der Waals surface area contributed by atoms with Gasteiger partial charge in [0, 0.05) is 32.0 Å². The van der Waals surface area contributed by atoms with E-state index in [1.807, 2.05) is 4.90 Å². The van der Waals surface area contributed by atoms with Crippen LogP contribution in [-0.4, -0.2) is 38.5 Å². The van der Waals surface area contributed by atoms with Crippen molar-refractivity contribution in [1.29, 1.82) is 0 Å². The number of anilines is 1. The molecule has 3 rings (SSSR count). The van der Waals surface area contributed by atoms with E-state index >= 15 is 0 Å². The first-order chi connectivity index (χ1) is 10.8. The Kier molecular flexibility index (Phi) is 4.57. The van der Waals surface area contributed by atoms with Crippen molar-refractivity contribution in [2.45, 2.75) is 25.0 Å². The van der Waals surface area contributed by atoms with Gasteiger partial charge in [-0.05, 0) is 6.07 Å². The Bertz CT molecular complexity index is 581. The lowest BCUT2D eigenvalue weighted by molar-refractivity contribution is -0.274. The molecule has 0 amide bonds. The zero-order chi connectivity index (χ0) is 16.7. The largest absolute Gasteiger partial charge is 0.573 e. The van der Waals surface area contributed by atoms with Crippen LogP contribution >= 0.6 is 23.2 Å². The van der Waals surface area contributed by atoms with Crippen LogP contribution in [0.15, 0.2) is 12.1 Å². The third-order valence-electron chi connectivity index (χ3n) is 3.91. The van der Waals surface area contributed by atoms with E-state index in [9.17, 15) is 13.2 Å². The van der Waals surface area contributed by atoms with Crippen molar-refractivity contribution >= 4 is 28.9 Å². The number of nitrogens with zero attached hydrogens (tertiary/aromatic N) is 1. The van der Waals surface area contributed by atoms with Gasteiger partial charge in [-0.15, -0.1) is 13.2 Å². The number of alkyl halides is 3. The molecule has 0 radical (unpaired) electrons. The maximum atomic E-state index is 12.4. The summed E-state index contributed by atoms with van der Waals surface area (Å²) in [5.41, 5.74) is 0.447. The molecule has 0 bridgehead atoms. The molecule has 0 N–H and O–H groups in total. The average molecular weight is 372 g/mol.